The molecule has 5 nitrogen and oxygen atoms in total. The van der Waals surface area contributed by atoms with E-state index in [4.69, 9.17) is 4.42 Å². The number of para-hydroxylation sites is 1. The molecule has 0 bridgehead atoms. The molecular weight excluding hydrogens is 322 g/mol. The first-order chi connectivity index (χ1) is 11.7. The zero-order valence-electron chi connectivity index (χ0n) is 13.7. The van der Waals surface area contributed by atoms with Crippen LogP contribution in [0.5, 0.6) is 0 Å². The maximum atomic E-state index is 12.9. The average Bonchev–Trinajstić information content (AvgIpc) is 3.03. The number of fused-ring (bicyclic) bond motifs is 1. The van der Waals surface area contributed by atoms with Crippen molar-refractivity contribution in [1.29, 1.82) is 0 Å². The van der Waals surface area contributed by atoms with Crippen molar-refractivity contribution in [1.82, 2.24) is 9.97 Å². The molecule has 2 heterocycles. The van der Waals surface area contributed by atoms with Crippen LogP contribution in [-0.4, -0.2) is 27.7 Å². The standard InChI is InChI=1S/C18H19N3O2S/c1-3-15(17(22)21(4-2)13-9-6-5-7-10-13)24-18-20-16-14(23-18)11-8-12-19-16/h5-12,15H,3-4H2,1-2H3/t15-/m1/s1. The fourth-order valence-corrected chi connectivity index (χ4v) is 3.39. The van der Waals surface area contributed by atoms with Crippen molar-refractivity contribution in [2.24, 2.45) is 0 Å². The van der Waals surface area contributed by atoms with E-state index in [1.54, 1.807) is 17.2 Å². The minimum atomic E-state index is -0.252. The van der Waals surface area contributed by atoms with E-state index in [-0.39, 0.29) is 11.2 Å². The minimum Gasteiger partial charge on any atom is -0.430 e. The van der Waals surface area contributed by atoms with Gasteiger partial charge >= 0.3 is 0 Å². The Bertz CT molecular complexity index is 786. The molecule has 1 atom stereocenters. The number of aromatic nitrogens is 2. The lowest BCUT2D eigenvalue weighted by Gasteiger charge is -2.24. The number of benzene rings is 1. The van der Waals surface area contributed by atoms with Gasteiger partial charge in [-0.25, -0.2) is 4.98 Å². The first kappa shape index (κ1) is 16.5. The zero-order valence-corrected chi connectivity index (χ0v) is 14.5. The number of nitrogens with zero attached hydrogens (tertiary/aromatic N) is 3. The van der Waals surface area contributed by atoms with Crippen LogP contribution in [0.2, 0.25) is 0 Å². The molecule has 0 radical (unpaired) electrons. The van der Waals surface area contributed by atoms with Gasteiger partial charge in [-0.2, -0.15) is 4.98 Å². The van der Waals surface area contributed by atoms with Crippen molar-refractivity contribution in [2.45, 2.75) is 30.7 Å². The van der Waals surface area contributed by atoms with Crippen LogP contribution in [0, 0.1) is 0 Å². The monoisotopic (exact) mass is 341 g/mol. The second kappa shape index (κ2) is 7.49. The lowest BCUT2D eigenvalue weighted by Crippen LogP contribution is -2.37. The Labute approximate surface area is 145 Å². The molecule has 0 fully saturated rings. The Morgan fingerprint density at radius 3 is 2.67 bits per heavy atom. The number of oxazole rings is 1. The van der Waals surface area contributed by atoms with Gasteiger partial charge < -0.3 is 9.32 Å². The topological polar surface area (TPSA) is 59.2 Å². The lowest BCUT2D eigenvalue weighted by atomic mass is 10.2. The summed E-state index contributed by atoms with van der Waals surface area (Å²) >= 11 is 1.35. The molecule has 0 N–H and O–H groups in total. The average molecular weight is 341 g/mol. The third-order valence-corrected chi connectivity index (χ3v) is 4.88. The van der Waals surface area contributed by atoms with Gasteiger partial charge in [0.25, 0.3) is 5.22 Å². The molecule has 24 heavy (non-hydrogen) atoms. The summed E-state index contributed by atoms with van der Waals surface area (Å²) in [5.74, 6) is 0.0615. The van der Waals surface area contributed by atoms with Crippen molar-refractivity contribution in [3.05, 3.63) is 48.7 Å². The molecule has 0 spiro atoms. The minimum absolute atomic E-state index is 0.0615. The Kier molecular flexibility index (Phi) is 5.15. The van der Waals surface area contributed by atoms with Crippen molar-refractivity contribution in [3.8, 4) is 0 Å². The van der Waals surface area contributed by atoms with Gasteiger partial charge in [0.05, 0.1) is 5.25 Å². The first-order valence-electron chi connectivity index (χ1n) is 7.97. The van der Waals surface area contributed by atoms with E-state index in [0.717, 1.165) is 5.69 Å². The van der Waals surface area contributed by atoms with E-state index in [0.29, 0.717) is 29.4 Å². The van der Waals surface area contributed by atoms with Gasteiger partial charge in [-0.1, -0.05) is 36.9 Å². The summed E-state index contributed by atoms with van der Waals surface area (Å²) in [7, 11) is 0. The number of amides is 1. The SMILES string of the molecule is CC[C@@H](Sc1nc2ncccc2o1)C(=O)N(CC)c1ccccc1. The van der Waals surface area contributed by atoms with Gasteiger partial charge in [0.1, 0.15) is 0 Å². The number of hydrogen-bond acceptors (Lipinski definition) is 5. The number of rotatable bonds is 6. The Morgan fingerprint density at radius 2 is 2.00 bits per heavy atom. The summed E-state index contributed by atoms with van der Waals surface area (Å²) in [6.45, 7) is 4.59. The van der Waals surface area contributed by atoms with E-state index in [2.05, 4.69) is 9.97 Å². The lowest BCUT2D eigenvalue weighted by molar-refractivity contribution is -0.118. The molecule has 1 amide bonds. The highest BCUT2D eigenvalue weighted by molar-refractivity contribution is 8.00. The number of thioether (sulfide) groups is 1. The van der Waals surface area contributed by atoms with Crippen LogP contribution in [0.4, 0.5) is 5.69 Å². The highest BCUT2D eigenvalue weighted by Gasteiger charge is 2.26. The molecule has 0 saturated carbocycles. The van der Waals surface area contributed by atoms with Crippen LogP contribution in [0.25, 0.3) is 11.2 Å². The third kappa shape index (κ3) is 3.43. The molecule has 0 aliphatic heterocycles. The summed E-state index contributed by atoms with van der Waals surface area (Å²) in [4.78, 5) is 23.3. The Hall–Kier alpha value is -2.34. The summed E-state index contributed by atoms with van der Waals surface area (Å²) in [6.07, 6.45) is 2.37. The fraction of sp³-hybridized carbons (Fsp3) is 0.278. The van der Waals surface area contributed by atoms with Crippen LogP contribution in [-0.2, 0) is 4.79 Å². The summed E-state index contributed by atoms with van der Waals surface area (Å²) in [5.41, 5.74) is 2.11. The van der Waals surface area contributed by atoms with Crippen molar-refractivity contribution in [3.63, 3.8) is 0 Å². The van der Waals surface area contributed by atoms with Crippen molar-refractivity contribution >= 4 is 34.6 Å². The number of carbonyl (C=O) groups is 1. The van der Waals surface area contributed by atoms with Crippen LogP contribution >= 0.6 is 11.8 Å². The molecule has 0 aliphatic rings. The molecule has 0 unspecified atom stereocenters. The molecule has 2 aromatic heterocycles. The van der Waals surface area contributed by atoms with Gasteiger partial charge in [0.15, 0.2) is 11.2 Å². The van der Waals surface area contributed by atoms with Crippen molar-refractivity contribution < 1.29 is 9.21 Å². The van der Waals surface area contributed by atoms with E-state index in [1.807, 2.05) is 50.2 Å². The van der Waals surface area contributed by atoms with Gasteiger partial charge in [-0.15, -0.1) is 0 Å². The van der Waals surface area contributed by atoms with Gasteiger partial charge in [0, 0.05) is 18.4 Å². The molecule has 124 valence electrons. The highest BCUT2D eigenvalue weighted by Crippen LogP contribution is 2.29. The zero-order chi connectivity index (χ0) is 16.9. The second-order valence-corrected chi connectivity index (χ2v) is 6.39. The molecule has 0 aliphatic carbocycles. The Morgan fingerprint density at radius 1 is 1.21 bits per heavy atom. The molecule has 6 heteroatoms. The van der Waals surface area contributed by atoms with Crippen LogP contribution in [0.15, 0.2) is 58.3 Å². The number of hydrogen-bond donors (Lipinski definition) is 0. The van der Waals surface area contributed by atoms with Gasteiger partial charge in [-0.3, -0.25) is 4.79 Å². The third-order valence-electron chi connectivity index (χ3n) is 3.68. The molecule has 1 aromatic carbocycles. The Balaban J connectivity index is 1.80. The quantitative estimate of drug-likeness (QED) is 0.631. The van der Waals surface area contributed by atoms with Gasteiger partial charge in [0.2, 0.25) is 5.91 Å². The number of carbonyl (C=O) groups excluding carboxylic acids is 1. The number of pyridine rings is 1. The summed E-state index contributed by atoms with van der Waals surface area (Å²) < 4.78 is 5.69. The number of anilines is 1. The smallest absolute Gasteiger partial charge is 0.259 e. The molecule has 0 saturated heterocycles. The first-order valence-corrected chi connectivity index (χ1v) is 8.85. The largest absolute Gasteiger partial charge is 0.430 e. The van der Waals surface area contributed by atoms with E-state index in [9.17, 15) is 4.79 Å². The fourth-order valence-electron chi connectivity index (χ4n) is 2.48. The second-order valence-electron chi connectivity index (χ2n) is 5.24. The van der Waals surface area contributed by atoms with Gasteiger partial charge in [-0.05, 0) is 37.6 Å². The molecular formula is C18H19N3O2S. The highest BCUT2D eigenvalue weighted by atomic mass is 32.2. The van der Waals surface area contributed by atoms with Crippen LogP contribution in [0.3, 0.4) is 0 Å². The van der Waals surface area contributed by atoms with E-state index < -0.39 is 0 Å². The predicted molar refractivity (Wildman–Crippen MR) is 96.2 cm³/mol. The normalized spacial score (nSPS) is 12.2. The maximum Gasteiger partial charge on any atom is 0.259 e. The molecule has 3 rings (SSSR count). The van der Waals surface area contributed by atoms with Crippen LogP contribution < -0.4 is 4.90 Å². The summed E-state index contributed by atoms with van der Waals surface area (Å²) in [6, 6.07) is 13.3. The maximum absolute atomic E-state index is 12.9. The van der Waals surface area contributed by atoms with E-state index in [1.165, 1.54) is 11.8 Å². The molecule has 3 aromatic rings. The van der Waals surface area contributed by atoms with E-state index >= 15 is 0 Å². The summed E-state index contributed by atoms with van der Waals surface area (Å²) in [5, 5.41) is 0.228. The predicted octanol–water partition coefficient (Wildman–Crippen LogP) is 4.15. The van der Waals surface area contributed by atoms with Crippen molar-refractivity contribution in [2.75, 3.05) is 11.4 Å². The van der Waals surface area contributed by atoms with Crippen LogP contribution in [0.1, 0.15) is 20.3 Å².